The summed E-state index contributed by atoms with van der Waals surface area (Å²) in [7, 11) is 0. The number of hydrogen-bond acceptors (Lipinski definition) is 5. The minimum Gasteiger partial charge on any atom is -0.493 e. The topological polar surface area (TPSA) is 80.6 Å². The summed E-state index contributed by atoms with van der Waals surface area (Å²) >= 11 is 1.66. The number of benzene rings is 1. The van der Waals surface area contributed by atoms with E-state index in [0.717, 1.165) is 16.3 Å². The molecule has 2 aromatic heterocycles. The normalized spacial score (nSPS) is 19.8. The maximum Gasteiger partial charge on any atom is 0.325 e. The predicted molar refractivity (Wildman–Crippen MR) is 120 cm³/mol. The molecule has 8 heteroatoms. The first-order chi connectivity index (χ1) is 15.4. The second kappa shape index (κ2) is 7.63. The van der Waals surface area contributed by atoms with Gasteiger partial charge in [0, 0.05) is 33.8 Å². The van der Waals surface area contributed by atoms with Gasteiger partial charge < -0.3 is 14.6 Å². The zero-order valence-electron chi connectivity index (χ0n) is 17.9. The molecule has 4 heterocycles. The Morgan fingerprint density at radius 3 is 2.78 bits per heavy atom. The highest BCUT2D eigenvalue weighted by Gasteiger charge is 2.55. The van der Waals surface area contributed by atoms with Crippen molar-refractivity contribution in [2.45, 2.75) is 32.4 Å². The summed E-state index contributed by atoms with van der Waals surface area (Å²) < 4.78 is 7.75. The number of hydrogen-bond donors (Lipinski definition) is 1. The number of nitrogens with one attached hydrogen (secondary N) is 1. The van der Waals surface area contributed by atoms with Crippen molar-refractivity contribution in [2.24, 2.45) is 0 Å². The lowest BCUT2D eigenvalue weighted by Crippen LogP contribution is -2.47. The third-order valence-electron chi connectivity index (χ3n) is 6.33. The van der Waals surface area contributed by atoms with Crippen molar-refractivity contribution < 1.29 is 19.1 Å². The van der Waals surface area contributed by atoms with E-state index in [1.807, 2.05) is 43.5 Å². The molecular weight excluding hydrogens is 426 g/mol. The molecule has 0 bridgehead atoms. The van der Waals surface area contributed by atoms with E-state index in [0.29, 0.717) is 36.4 Å². The van der Waals surface area contributed by atoms with Gasteiger partial charge in [-0.3, -0.25) is 14.5 Å². The Morgan fingerprint density at radius 1 is 1.19 bits per heavy atom. The smallest absolute Gasteiger partial charge is 0.325 e. The summed E-state index contributed by atoms with van der Waals surface area (Å²) in [6.07, 6.45) is 0.328. The second-order valence-corrected chi connectivity index (χ2v) is 9.23. The number of carbonyl (C=O) groups excluding carboxylic acids is 3. The Bertz CT molecular complexity index is 1230. The van der Waals surface area contributed by atoms with Crippen molar-refractivity contribution in [3.05, 3.63) is 75.2 Å². The fraction of sp³-hybridized carbons (Fsp3) is 0.292. The van der Waals surface area contributed by atoms with Crippen molar-refractivity contribution in [3.8, 4) is 5.75 Å². The van der Waals surface area contributed by atoms with Crippen LogP contribution < -0.4 is 10.1 Å². The number of thiophene rings is 1. The van der Waals surface area contributed by atoms with Crippen molar-refractivity contribution in [2.75, 3.05) is 13.2 Å². The number of aromatic nitrogens is 1. The largest absolute Gasteiger partial charge is 0.493 e. The molecule has 164 valence electrons. The lowest BCUT2D eigenvalue weighted by molar-refractivity contribution is -0.132. The van der Waals surface area contributed by atoms with Crippen LogP contribution >= 0.6 is 11.3 Å². The Hall–Kier alpha value is -3.39. The number of urea groups is 1. The van der Waals surface area contributed by atoms with Gasteiger partial charge in [-0.05, 0) is 37.4 Å². The van der Waals surface area contributed by atoms with Gasteiger partial charge in [0.05, 0.1) is 19.7 Å². The standard InChI is InChI=1S/C24H23N3O4S/c1-15-12-18(16(2)26(15)13-17-6-5-11-32-17)20(28)14-27-22(29)24(25-23(27)30)9-10-31-21-8-4-3-7-19(21)24/h3-8,11-12H,9-10,13-14H2,1-2H3,(H,25,30). The van der Waals surface area contributed by atoms with Gasteiger partial charge >= 0.3 is 6.03 Å². The molecule has 0 radical (unpaired) electrons. The number of amides is 3. The molecule has 1 spiro atoms. The molecule has 0 saturated carbocycles. The molecule has 1 saturated heterocycles. The van der Waals surface area contributed by atoms with Crippen LogP contribution in [0.5, 0.6) is 5.75 Å². The van der Waals surface area contributed by atoms with Gasteiger partial charge in [-0.1, -0.05) is 24.3 Å². The maximum atomic E-state index is 13.4. The van der Waals surface area contributed by atoms with E-state index in [1.165, 1.54) is 4.88 Å². The molecule has 5 rings (SSSR count). The quantitative estimate of drug-likeness (QED) is 0.477. The summed E-state index contributed by atoms with van der Waals surface area (Å²) in [4.78, 5) is 41.6. The molecule has 1 unspecified atom stereocenters. The van der Waals surface area contributed by atoms with Gasteiger partial charge in [0.1, 0.15) is 5.75 Å². The molecule has 32 heavy (non-hydrogen) atoms. The average molecular weight is 450 g/mol. The Balaban J connectivity index is 1.40. The highest BCUT2D eigenvalue weighted by molar-refractivity contribution is 7.09. The number of rotatable bonds is 5. The van der Waals surface area contributed by atoms with E-state index in [2.05, 4.69) is 16.0 Å². The number of imide groups is 1. The number of fused-ring (bicyclic) bond motifs is 2. The van der Waals surface area contributed by atoms with Crippen LogP contribution in [0.25, 0.3) is 0 Å². The van der Waals surface area contributed by atoms with Crippen LogP contribution in [0, 0.1) is 13.8 Å². The number of para-hydroxylation sites is 1. The van der Waals surface area contributed by atoms with Crippen LogP contribution in [0.2, 0.25) is 0 Å². The zero-order chi connectivity index (χ0) is 22.5. The molecule has 1 aromatic carbocycles. The highest BCUT2D eigenvalue weighted by Crippen LogP contribution is 2.41. The minimum absolute atomic E-state index is 0.253. The third kappa shape index (κ3) is 3.14. The van der Waals surface area contributed by atoms with Crippen LogP contribution in [0.3, 0.4) is 0 Å². The number of Topliss-reactive ketones (excluding diaryl/α,β-unsaturated/α-hetero) is 1. The predicted octanol–water partition coefficient (Wildman–Crippen LogP) is 3.63. The first-order valence-corrected chi connectivity index (χ1v) is 11.4. The number of ketones is 1. The van der Waals surface area contributed by atoms with Crippen LogP contribution in [0.1, 0.15) is 38.6 Å². The molecule has 7 nitrogen and oxygen atoms in total. The van der Waals surface area contributed by atoms with E-state index in [4.69, 9.17) is 4.74 Å². The molecular formula is C24H23N3O4S. The van der Waals surface area contributed by atoms with Crippen LogP contribution in [-0.2, 0) is 16.9 Å². The Kier molecular flexibility index (Phi) is 4.89. The molecule has 1 atom stereocenters. The maximum absolute atomic E-state index is 13.4. The number of carbonyl (C=O) groups is 3. The third-order valence-corrected chi connectivity index (χ3v) is 7.19. The summed E-state index contributed by atoms with van der Waals surface area (Å²) in [5, 5.41) is 4.87. The lowest BCUT2D eigenvalue weighted by Gasteiger charge is -2.33. The zero-order valence-corrected chi connectivity index (χ0v) is 18.7. The van der Waals surface area contributed by atoms with Gasteiger partial charge in [0.25, 0.3) is 5.91 Å². The van der Waals surface area contributed by atoms with Gasteiger partial charge in [-0.2, -0.15) is 0 Å². The van der Waals surface area contributed by atoms with E-state index >= 15 is 0 Å². The lowest BCUT2D eigenvalue weighted by atomic mass is 9.84. The molecule has 2 aliphatic heterocycles. The monoisotopic (exact) mass is 449 g/mol. The fourth-order valence-corrected chi connectivity index (χ4v) is 5.32. The minimum atomic E-state index is -1.18. The van der Waals surface area contributed by atoms with Crippen molar-refractivity contribution in [1.29, 1.82) is 0 Å². The summed E-state index contributed by atoms with van der Waals surface area (Å²) in [6, 6.07) is 12.6. The first kappa shape index (κ1) is 20.5. The average Bonchev–Trinajstić information content (AvgIpc) is 3.46. The molecule has 0 aliphatic carbocycles. The molecule has 1 fully saturated rings. The molecule has 3 aromatic rings. The van der Waals surface area contributed by atoms with Gasteiger partial charge in [0.15, 0.2) is 11.3 Å². The first-order valence-electron chi connectivity index (χ1n) is 10.5. The number of ether oxygens (including phenoxy) is 1. The molecule has 3 amide bonds. The highest BCUT2D eigenvalue weighted by atomic mass is 32.1. The fourth-order valence-electron chi connectivity index (χ4n) is 4.63. The summed E-state index contributed by atoms with van der Waals surface area (Å²) in [5.41, 5.74) is 1.79. The van der Waals surface area contributed by atoms with E-state index in [1.54, 1.807) is 23.5 Å². The van der Waals surface area contributed by atoms with Crippen LogP contribution in [0.15, 0.2) is 47.8 Å². The van der Waals surface area contributed by atoms with E-state index in [9.17, 15) is 14.4 Å². The van der Waals surface area contributed by atoms with E-state index in [-0.39, 0.29) is 12.3 Å². The van der Waals surface area contributed by atoms with E-state index < -0.39 is 17.5 Å². The Morgan fingerprint density at radius 2 is 2.00 bits per heavy atom. The Labute approximate surface area is 189 Å². The van der Waals surface area contributed by atoms with Gasteiger partial charge in [-0.15, -0.1) is 11.3 Å². The van der Waals surface area contributed by atoms with Crippen LogP contribution in [-0.4, -0.2) is 40.3 Å². The number of nitrogens with zero attached hydrogens (tertiary/aromatic N) is 2. The molecule has 1 N–H and O–H groups in total. The number of aryl methyl sites for hydroxylation is 1. The summed E-state index contributed by atoms with van der Waals surface area (Å²) in [6.45, 7) is 4.56. The van der Waals surface area contributed by atoms with Crippen LogP contribution in [0.4, 0.5) is 4.79 Å². The van der Waals surface area contributed by atoms with Crippen molar-refractivity contribution >= 4 is 29.1 Å². The van der Waals surface area contributed by atoms with Gasteiger partial charge in [0.2, 0.25) is 0 Å². The van der Waals surface area contributed by atoms with Crippen molar-refractivity contribution in [1.82, 2.24) is 14.8 Å². The van der Waals surface area contributed by atoms with Gasteiger partial charge in [-0.25, -0.2) is 4.79 Å². The van der Waals surface area contributed by atoms with Crippen molar-refractivity contribution in [3.63, 3.8) is 0 Å². The SMILES string of the molecule is Cc1cc(C(=O)CN2C(=O)NC3(CCOc4ccccc43)C2=O)c(C)n1Cc1cccs1. The molecule has 2 aliphatic rings. The summed E-state index contributed by atoms with van der Waals surface area (Å²) in [5.74, 6) is -0.0758. The second-order valence-electron chi connectivity index (χ2n) is 8.19.